The molecule has 1 unspecified atom stereocenters. The van der Waals surface area contributed by atoms with Crippen LogP contribution in [0.25, 0.3) is 22.2 Å². The monoisotopic (exact) mass is 641 g/mol. The molecular formula is C27H15IrNPS2-. The second-order valence-electron chi connectivity index (χ2n) is 7.59. The van der Waals surface area contributed by atoms with Gasteiger partial charge in [0, 0.05) is 29.9 Å². The van der Waals surface area contributed by atoms with Crippen LogP contribution in [0.5, 0.6) is 0 Å². The number of aromatic nitrogens is 1. The Balaban J connectivity index is 0.00000196. The van der Waals surface area contributed by atoms with Crippen molar-refractivity contribution in [1.29, 1.82) is 0 Å². The van der Waals surface area contributed by atoms with Crippen LogP contribution in [-0.2, 0) is 20.1 Å². The fourth-order valence-corrected chi connectivity index (χ4v) is 10.2. The Bertz CT molecular complexity index is 1450. The maximum Gasteiger partial charge on any atom is 0.0595 e. The standard InChI is InChI=1S/C27H15NPS2.Ir/c1-2-8-19-17(7-1)13-14-20(28-19)18-15-25-27-26(16-18)31-24-12-6-4-10-22(24)29(27)21-9-3-5-11-23(21)30-25;/h1-15H;/q-1;. The van der Waals surface area contributed by atoms with E-state index in [1.54, 1.807) is 0 Å². The molecule has 7 rings (SSSR count). The van der Waals surface area contributed by atoms with Gasteiger partial charge in [0.1, 0.15) is 0 Å². The van der Waals surface area contributed by atoms with Gasteiger partial charge in [-0.15, -0.1) is 41.2 Å². The van der Waals surface area contributed by atoms with Crippen molar-refractivity contribution in [1.82, 2.24) is 4.98 Å². The SMILES string of the molecule is [Ir].[c-]1c(-c2ccc3ccccc3n2)cc2c3c1Sc1ccccc1P3c1ccccc1S2. The molecule has 0 N–H and O–H groups in total. The summed E-state index contributed by atoms with van der Waals surface area (Å²) >= 11 is 3.75. The number of para-hydroxylation sites is 1. The third-order valence-electron chi connectivity index (χ3n) is 5.71. The molecule has 1 atom stereocenters. The smallest absolute Gasteiger partial charge is 0.0595 e. The first-order valence-electron chi connectivity index (χ1n) is 10.2. The van der Waals surface area contributed by atoms with Gasteiger partial charge in [-0.2, -0.15) is 0 Å². The number of benzene rings is 4. The van der Waals surface area contributed by atoms with Crippen molar-refractivity contribution in [3.8, 4) is 11.3 Å². The van der Waals surface area contributed by atoms with Crippen LogP contribution in [0.2, 0.25) is 0 Å². The summed E-state index contributed by atoms with van der Waals surface area (Å²) in [5.41, 5.74) is 3.09. The van der Waals surface area contributed by atoms with Crippen molar-refractivity contribution in [2.45, 2.75) is 19.6 Å². The van der Waals surface area contributed by atoms with Crippen LogP contribution < -0.4 is 15.9 Å². The van der Waals surface area contributed by atoms with E-state index in [4.69, 9.17) is 4.98 Å². The Kier molecular flexibility index (Phi) is 5.25. The maximum absolute atomic E-state index is 4.95. The molecule has 2 aliphatic rings. The van der Waals surface area contributed by atoms with E-state index >= 15 is 0 Å². The molecule has 3 heterocycles. The minimum atomic E-state index is -0.554. The van der Waals surface area contributed by atoms with Gasteiger partial charge in [-0.1, -0.05) is 89.7 Å². The molecule has 155 valence electrons. The largest absolute Gasteiger partial charge is 0.296 e. The van der Waals surface area contributed by atoms with Crippen molar-refractivity contribution >= 4 is 58.3 Å². The average molecular weight is 641 g/mol. The predicted octanol–water partition coefficient (Wildman–Crippen LogP) is 6.39. The van der Waals surface area contributed by atoms with Crippen molar-refractivity contribution in [2.24, 2.45) is 0 Å². The molecule has 5 aromatic rings. The maximum atomic E-state index is 4.95. The predicted molar refractivity (Wildman–Crippen MR) is 133 cm³/mol. The Morgan fingerprint density at radius 1 is 0.688 bits per heavy atom. The van der Waals surface area contributed by atoms with E-state index in [2.05, 4.69) is 91.0 Å². The quantitative estimate of drug-likeness (QED) is 0.153. The van der Waals surface area contributed by atoms with Gasteiger partial charge in [-0.25, -0.2) is 0 Å². The van der Waals surface area contributed by atoms with Crippen LogP contribution in [0.3, 0.4) is 0 Å². The Morgan fingerprint density at radius 3 is 2.19 bits per heavy atom. The number of fused-ring (bicyclic) bond motifs is 5. The molecule has 0 amide bonds. The Labute approximate surface area is 210 Å². The van der Waals surface area contributed by atoms with E-state index < -0.39 is 7.92 Å². The number of hydrogen-bond donors (Lipinski definition) is 0. The van der Waals surface area contributed by atoms with Gasteiger partial charge in [0.05, 0.1) is 5.52 Å². The van der Waals surface area contributed by atoms with E-state index in [0.717, 1.165) is 16.8 Å². The number of rotatable bonds is 1. The molecule has 4 aromatic carbocycles. The first kappa shape index (κ1) is 20.7. The fraction of sp³-hybridized carbons (Fsp3) is 0. The van der Waals surface area contributed by atoms with Gasteiger partial charge in [0.15, 0.2) is 0 Å². The van der Waals surface area contributed by atoms with Crippen LogP contribution >= 0.6 is 31.4 Å². The third kappa shape index (κ3) is 3.21. The Morgan fingerprint density at radius 2 is 1.38 bits per heavy atom. The molecule has 0 aliphatic carbocycles. The van der Waals surface area contributed by atoms with Gasteiger partial charge in [0.2, 0.25) is 0 Å². The van der Waals surface area contributed by atoms with E-state index in [1.807, 2.05) is 29.6 Å². The van der Waals surface area contributed by atoms with Gasteiger partial charge < -0.3 is 0 Å². The summed E-state index contributed by atoms with van der Waals surface area (Å²) in [4.78, 5) is 10.3. The molecule has 0 saturated heterocycles. The van der Waals surface area contributed by atoms with Gasteiger partial charge in [0.25, 0.3) is 0 Å². The van der Waals surface area contributed by atoms with Crippen molar-refractivity contribution in [3.63, 3.8) is 0 Å². The second kappa shape index (κ2) is 8.13. The third-order valence-corrected chi connectivity index (χ3v) is 11.2. The molecule has 32 heavy (non-hydrogen) atoms. The molecule has 1 aromatic heterocycles. The molecule has 0 bridgehead atoms. The first-order valence-corrected chi connectivity index (χ1v) is 13.1. The molecule has 1 radical (unpaired) electrons. The number of nitrogens with zero attached hydrogens (tertiary/aromatic N) is 1. The van der Waals surface area contributed by atoms with Crippen LogP contribution in [0.15, 0.2) is 111 Å². The van der Waals surface area contributed by atoms with E-state index in [0.29, 0.717) is 0 Å². The number of pyridine rings is 1. The fourth-order valence-electron chi connectivity index (χ4n) is 4.30. The minimum Gasteiger partial charge on any atom is -0.296 e. The van der Waals surface area contributed by atoms with Crippen molar-refractivity contribution < 1.29 is 20.1 Å². The zero-order valence-corrected chi connectivity index (χ0v) is 21.6. The Hall–Kier alpha value is -1.93. The summed E-state index contributed by atoms with van der Waals surface area (Å²) < 4.78 is 0. The van der Waals surface area contributed by atoms with E-state index in [9.17, 15) is 0 Å². The molecule has 0 saturated carbocycles. The van der Waals surface area contributed by atoms with E-state index in [1.165, 1.54) is 40.9 Å². The molecule has 2 aliphatic heterocycles. The summed E-state index contributed by atoms with van der Waals surface area (Å²) in [6, 6.07) is 36.4. The average Bonchev–Trinajstić information content (AvgIpc) is 2.83. The van der Waals surface area contributed by atoms with Crippen LogP contribution in [-0.4, -0.2) is 4.98 Å². The molecular weight excluding hydrogens is 626 g/mol. The van der Waals surface area contributed by atoms with E-state index in [-0.39, 0.29) is 20.1 Å². The van der Waals surface area contributed by atoms with Crippen molar-refractivity contribution in [3.05, 3.63) is 97.1 Å². The minimum absolute atomic E-state index is 0. The summed E-state index contributed by atoms with van der Waals surface area (Å²) in [5.74, 6) is 0. The first-order chi connectivity index (χ1) is 15.3. The summed E-state index contributed by atoms with van der Waals surface area (Å²) in [6.45, 7) is 0. The van der Waals surface area contributed by atoms with Crippen LogP contribution in [0.1, 0.15) is 0 Å². The van der Waals surface area contributed by atoms with Crippen molar-refractivity contribution in [2.75, 3.05) is 0 Å². The zero-order valence-electron chi connectivity index (χ0n) is 16.7. The summed E-state index contributed by atoms with van der Waals surface area (Å²) in [7, 11) is -0.554. The van der Waals surface area contributed by atoms with Gasteiger partial charge in [-0.3, -0.25) is 4.98 Å². The van der Waals surface area contributed by atoms with Gasteiger partial charge in [-0.05, 0) is 39.9 Å². The molecule has 1 nitrogen and oxygen atoms in total. The normalized spacial score (nSPS) is 15.3. The van der Waals surface area contributed by atoms with Crippen LogP contribution in [0, 0.1) is 6.07 Å². The summed E-state index contributed by atoms with van der Waals surface area (Å²) in [5, 5.41) is 5.57. The zero-order chi connectivity index (χ0) is 20.4. The number of hydrogen-bond acceptors (Lipinski definition) is 3. The summed E-state index contributed by atoms with van der Waals surface area (Å²) in [6.07, 6.45) is 0. The molecule has 5 heteroatoms. The van der Waals surface area contributed by atoms with Crippen LogP contribution in [0.4, 0.5) is 0 Å². The molecule has 0 spiro atoms. The second-order valence-corrected chi connectivity index (χ2v) is 11.8. The van der Waals surface area contributed by atoms with Gasteiger partial charge >= 0.3 is 0 Å². The molecule has 0 fully saturated rings. The topological polar surface area (TPSA) is 12.9 Å².